The summed E-state index contributed by atoms with van der Waals surface area (Å²) in [5, 5.41) is 18.3. The zero-order valence-corrected chi connectivity index (χ0v) is 17.6. The number of rotatable bonds is 6. The molecule has 8 heteroatoms. The quantitative estimate of drug-likeness (QED) is 0.361. The van der Waals surface area contributed by atoms with Gasteiger partial charge in [0.25, 0.3) is 5.69 Å². The van der Waals surface area contributed by atoms with Gasteiger partial charge in [0.05, 0.1) is 16.7 Å². The fraction of sp³-hybridized carbons (Fsp3) is 0.217. The molecule has 1 atom stereocenters. The second-order valence-electron chi connectivity index (χ2n) is 7.47. The maximum Gasteiger partial charge on any atom is 0.313 e. The molecule has 0 saturated carbocycles. The van der Waals surface area contributed by atoms with Crippen molar-refractivity contribution in [3.8, 4) is 0 Å². The van der Waals surface area contributed by atoms with Gasteiger partial charge in [0.2, 0.25) is 0 Å². The van der Waals surface area contributed by atoms with Crippen molar-refractivity contribution < 1.29 is 14.5 Å². The van der Waals surface area contributed by atoms with Crippen molar-refractivity contribution in [1.29, 1.82) is 0 Å². The number of fused-ring (bicyclic) bond motifs is 1. The number of nitrogens with one attached hydrogen (secondary N) is 2. The molecule has 31 heavy (non-hydrogen) atoms. The van der Waals surface area contributed by atoms with E-state index in [2.05, 4.69) is 10.6 Å². The fourth-order valence-corrected chi connectivity index (χ4v) is 3.42. The number of nitro benzene ring substituents is 1. The second-order valence-corrected chi connectivity index (χ2v) is 7.47. The Balaban J connectivity index is 1.73. The van der Waals surface area contributed by atoms with E-state index in [0.29, 0.717) is 5.56 Å². The highest BCUT2D eigenvalue weighted by atomic mass is 16.6. The summed E-state index contributed by atoms with van der Waals surface area (Å²) in [6.07, 6.45) is 0. The second kappa shape index (κ2) is 9.36. The van der Waals surface area contributed by atoms with Crippen LogP contribution in [0.2, 0.25) is 0 Å². The summed E-state index contributed by atoms with van der Waals surface area (Å²) >= 11 is 0. The summed E-state index contributed by atoms with van der Waals surface area (Å²) in [4.78, 5) is 37.2. The third kappa shape index (κ3) is 5.04. The first-order chi connectivity index (χ1) is 14.8. The van der Waals surface area contributed by atoms with E-state index in [1.165, 1.54) is 18.2 Å². The third-order valence-electron chi connectivity index (χ3n) is 5.15. The molecule has 3 aromatic rings. The molecule has 8 nitrogen and oxygen atoms in total. The van der Waals surface area contributed by atoms with E-state index < -0.39 is 16.7 Å². The highest BCUT2D eigenvalue weighted by molar-refractivity contribution is 6.39. The SMILES string of the molecule is Cc1ccc([N+](=O)[O-])cc1NC(=O)C(=O)NCC(c1cccc2ccccc12)N(C)C. The van der Waals surface area contributed by atoms with Crippen LogP contribution in [0.1, 0.15) is 17.2 Å². The van der Waals surface area contributed by atoms with Crippen molar-refractivity contribution in [2.75, 3.05) is 26.0 Å². The lowest BCUT2D eigenvalue weighted by Gasteiger charge is -2.26. The molecule has 0 aromatic heterocycles. The molecule has 0 radical (unpaired) electrons. The molecule has 0 fully saturated rings. The van der Waals surface area contributed by atoms with Gasteiger partial charge in [-0.2, -0.15) is 0 Å². The molecule has 0 bridgehead atoms. The van der Waals surface area contributed by atoms with Gasteiger partial charge in [-0.3, -0.25) is 19.7 Å². The Morgan fingerprint density at radius 2 is 1.74 bits per heavy atom. The Bertz CT molecular complexity index is 1140. The lowest BCUT2D eigenvalue weighted by atomic mass is 9.98. The number of amides is 2. The van der Waals surface area contributed by atoms with Crippen LogP contribution >= 0.6 is 0 Å². The van der Waals surface area contributed by atoms with Crippen molar-refractivity contribution in [2.24, 2.45) is 0 Å². The maximum absolute atomic E-state index is 12.4. The number of hydrogen-bond acceptors (Lipinski definition) is 5. The van der Waals surface area contributed by atoms with Crippen LogP contribution in [0.3, 0.4) is 0 Å². The van der Waals surface area contributed by atoms with Gasteiger partial charge in [0.15, 0.2) is 0 Å². The maximum atomic E-state index is 12.4. The first-order valence-corrected chi connectivity index (χ1v) is 9.76. The predicted molar refractivity (Wildman–Crippen MR) is 120 cm³/mol. The fourth-order valence-electron chi connectivity index (χ4n) is 3.42. The molecular formula is C23H24N4O4. The number of nitrogens with zero attached hydrogens (tertiary/aromatic N) is 2. The number of carbonyl (C=O) groups excluding carboxylic acids is 2. The minimum absolute atomic E-state index is 0.151. The molecule has 0 spiro atoms. The van der Waals surface area contributed by atoms with E-state index >= 15 is 0 Å². The number of hydrogen-bond donors (Lipinski definition) is 2. The number of anilines is 1. The molecule has 0 aliphatic rings. The molecule has 0 aliphatic heterocycles. The monoisotopic (exact) mass is 420 g/mol. The molecule has 1 unspecified atom stereocenters. The average Bonchev–Trinajstić information content (AvgIpc) is 2.74. The standard InChI is InChI=1S/C23H24N4O4/c1-15-11-12-17(27(30)31)13-20(15)25-23(29)22(28)24-14-21(26(2)3)19-10-6-8-16-7-4-5-9-18(16)19/h4-13,21H,14H2,1-3H3,(H,24,28)(H,25,29). The first-order valence-electron chi connectivity index (χ1n) is 9.76. The number of nitro groups is 1. The summed E-state index contributed by atoms with van der Waals surface area (Å²) < 4.78 is 0. The Hall–Kier alpha value is -3.78. The smallest absolute Gasteiger partial charge is 0.313 e. The Kier molecular flexibility index (Phi) is 6.61. The van der Waals surface area contributed by atoms with Gasteiger partial charge in [-0.05, 0) is 42.9 Å². The van der Waals surface area contributed by atoms with Crippen LogP contribution in [0.25, 0.3) is 10.8 Å². The predicted octanol–water partition coefficient (Wildman–Crippen LogP) is 3.41. The van der Waals surface area contributed by atoms with Gasteiger partial charge in [-0.25, -0.2) is 0 Å². The number of benzene rings is 3. The van der Waals surface area contributed by atoms with Gasteiger partial charge in [-0.1, -0.05) is 48.5 Å². The van der Waals surface area contributed by atoms with Crippen LogP contribution in [0.15, 0.2) is 60.7 Å². The van der Waals surface area contributed by atoms with E-state index in [0.717, 1.165) is 16.3 Å². The highest BCUT2D eigenvalue weighted by Gasteiger charge is 2.21. The molecule has 160 valence electrons. The average molecular weight is 420 g/mol. The number of carbonyl (C=O) groups is 2. The summed E-state index contributed by atoms with van der Waals surface area (Å²) in [6, 6.07) is 17.9. The number of non-ortho nitro benzene ring substituents is 1. The minimum atomic E-state index is -0.876. The van der Waals surface area contributed by atoms with Gasteiger partial charge in [0, 0.05) is 18.7 Å². The lowest BCUT2D eigenvalue weighted by Crippen LogP contribution is -2.40. The Morgan fingerprint density at radius 3 is 2.45 bits per heavy atom. The van der Waals surface area contributed by atoms with Crippen molar-refractivity contribution >= 4 is 34.0 Å². The van der Waals surface area contributed by atoms with Crippen molar-refractivity contribution in [2.45, 2.75) is 13.0 Å². The molecule has 0 saturated heterocycles. The van der Waals surface area contributed by atoms with E-state index in [-0.39, 0.29) is 24.0 Å². The largest absolute Gasteiger partial charge is 0.346 e. The van der Waals surface area contributed by atoms with Gasteiger partial charge in [-0.15, -0.1) is 0 Å². The number of likely N-dealkylation sites (N-methyl/N-ethyl adjacent to an activating group) is 1. The van der Waals surface area contributed by atoms with Crippen LogP contribution in [0.4, 0.5) is 11.4 Å². The zero-order chi connectivity index (χ0) is 22.5. The molecule has 0 heterocycles. The Morgan fingerprint density at radius 1 is 1.03 bits per heavy atom. The van der Waals surface area contributed by atoms with Crippen LogP contribution in [0.5, 0.6) is 0 Å². The first kappa shape index (κ1) is 21.9. The van der Waals surface area contributed by atoms with E-state index in [4.69, 9.17) is 0 Å². The molecule has 3 aromatic carbocycles. The molecular weight excluding hydrogens is 396 g/mol. The van der Waals surface area contributed by atoms with E-state index in [9.17, 15) is 19.7 Å². The summed E-state index contributed by atoms with van der Waals surface area (Å²) in [5.41, 5.74) is 1.73. The number of aryl methyl sites for hydroxylation is 1. The van der Waals surface area contributed by atoms with Crippen LogP contribution in [-0.2, 0) is 9.59 Å². The van der Waals surface area contributed by atoms with Gasteiger partial charge >= 0.3 is 11.8 Å². The lowest BCUT2D eigenvalue weighted by molar-refractivity contribution is -0.384. The van der Waals surface area contributed by atoms with Gasteiger partial charge in [0.1, 0.15) is 0 Å². The van der Waals surface area contributed by atoms with Crippen molar-refractivity contribution in [1.82, 2.24) is 10.2 Å². The van der Waals surface area contributed by atoms with E-state index in [1.807, 2.05) is 61.5 Å². The normalized spacial score (nSPS) is 11.9. The van der Waals surface area contributed by atoms with E-state index in [1.54, 1.807) is 6.92 Å². The zero-order valence-electron chi connectivity index (χ0n) is 17.6. The van der Waals surface area contributed by atoms with Crippen molar-refractivity contribution in [3.05, 3.63) is 81.9 Å². The minimum Gasteiger partial charge on any atom is -0.346 e. The highest BCUT2D eigenvalue weighted by Crippen LogP contribution is 2.27. The molecule has 0 aliphatic carbocycles. The topological polar surface area (TPSA) is 105 Å². The summed E-state index contributed by atoms with van der Waals surface area (Å²) in [6.45, 7) is 1.92. The Labute approximate surface area is 180 Å². The van der Waals surface area contributed by atoms with Gasteiger partial charge < -0.3 is 15.5 Å². The molecule has 2 amide bonds. The summed E-state index contributed by atoms with van der Waals surface area (Å²) in [5.74, 6) is -1.68. The van der Waals surface area contributed by atoms with Crippen LogP contribution < -0.4 is 10.6 Å². The molecule has 3 rings (SSSR count). The molecule has 2 N–H and O–H groups in total. The summed E-state index contributed by atoms with van der Waals surface area (Å²) in [7, 11) is 3.82. The van der Waals surface area contributed by atoms with Crippen molar-refractivity contribution in [3.63, 3.8) is 0 Å². The third-order valence-corrected chi connectivity index (χ3v) is 5.15. The van der Waals surface area contributed by atoms with Crippen LogP contribution in [-0.4, -0.2) is 42.3 Å². The van der Waals surface area contributed by atoms with Crippen LogP contribution in [0, 0.1) is 17.0 Å².